The summed E-state index contributed by atoms with van der Waals surface area (Å²) >= 11 is 0. The van der Waals surface area contributed by atoms with Crippen LogP contribution in [0.15, 0.2) is 79.4 Å². The van der Waals surface area contributed by atoms with Gasteiger partial charge in [0.25, 0.3) is 0 Å². The van der Waals surface area contributed by atoms with Crippen LogP contribution >= 0.6 is 0 Å². The Morgan fingerprint density at radius 1 is 0.972 bits per heavy atom. The fourth-order valence-corrected chi connectivity index (χ4v) is 4.14. The van der Waals surface area contributed by atoms with Gasteiger partial charge in [0.05, 0.1) is 11.4 Å². The lowest BCUT2D eigenvalue weighted by atomic mass is 10.1. The molecule has 0 saturated heterocycles. The van der Waals surface area contributed by atoms with E-state index in [4.69, 9.17) is 4.74 Å². The highest BCUT2D eigenvalue weighted by Crippen LogP contribution is 2.28. The van der Waals surface area contributed by atoms with Gasteiger partial charge in [0, 0.05) is 48.6 Å². The number of rotatable bonds is 7. The van der Waals surface area contributed by atoms with E-state index >= 15 is 0 Å². The molecule has 36 heavy (non-hydrogen) atoms. The number of imidazole rings is 1. The molecule has 5 rings (SSSR count). The summed E-state index contributed by atoms with van der Waals surface area (Å²) in [5, 5.41) is 8.09. The molecular weight excluding hydrogens is 467 g/mol. The number of nitrogens with zero attached hydrogens (tertiary/aromatic N) is 4. The van der Waals surface area contributed by atoms with Gasteiger partial charge in [0.2, 0.25) is 0 Å². The summed E-state index contributed by atoms with van der Waals surface area (Å²) in [6.45, 7) is 3.20. The molecule has 3 aromatic heterocycles. The second-order valence-electron chi connectivity index (χ2n) is 8.60. The van der Waals surface area contributed by atoms with E-state index in [1.165, 1.54) is 6.07 Å². The van der Waals surface area contributed by atoms with Crippen LogP contribution in [-0.4, -0.2) is 31.9 Å². The summed E-state index contributed by atoms with van der Waals surface area (Å²) in [6, 6.07) is 16.7. The maximum absolute atomic E-state index is 12.5. The smallest absolute Gasteiger partial charge is 0.422 e. The van der Waals surface area contributed by atoms with E-state index in [1.807, 2.05) is 48.1 Å². The van der Waals surface area contributed by atoms with Crippen LogP contribution in [0.2, 0.25) is 0 Å². The predicted octanol–water partition coefficient (Wildman–Crippen LogP) is 6.36. The SMILES string of the molecule is Cc1cc(C)c(-n2ccn3nc(-c4cccnc4)cc23)cc1NCc1cccc(OCC(F)(F)F)c1. The average molecular weight is 492 g/mol. The number of alkyl halides is 3. The Balaban J connectivity index is 1.39. The van der Waals surface area contributed by atoms with Gasteiger partial charge in [-0.3, -0.25) is 9.55 Å². The van der Waals surface area contributed by atoms with Crippen molar-refractivity contribution in [2.24, 2.45) is 0 Å². The maximum atomic E-state index is 12.5. The van der Waals surface area contributed by atoms with Crippen LogP contribution in [0.5, 0.6) is 5.75 Å². The molecule has 6 nitrogen and oxygen atoms in total. The Kier molecular flexibility index (Phi) is 6.13. The molecule has 0 aliphatic heterocycles. The van der Waals surface area contributed by atoms with Gasteiger partial charge in [0.15, 0.2) is 6.61 Å². The molecule has 0 fully saturated rings. The Bertz CT molecular complexity index is 1510. The molecule has 0 radical (unpaired) electrons. The van der Waals surface area contributed by atoms with Gasteiger partial charge in [-0.15, -0.1) is 0 Å². The van der Waals surface area contributed by atoms with Gasteiger partial charge in [-0.25, -0.2) is 4.52 Å². The number of aromatic nitrogens is 4. The standard InChI is InChI=1S/C27H24F3N5O/c1-18-11-19(2)25(34-9-10-35-26(34)14-24(33-35)21-6-4-8-31-16-21)13-23(18)32-15-20-5-3-7-22(12-20)36-17-27(28,29)30/h3-14,16,32H,15,17H2,1-2H3. The second-order valence-corrected chi connectivity index (χ2v) is 8.60. The van der Waals surface area contributed by atoms with E-state index in [9.17, 15) is 13.2 Å². The summed E-state index contributed by atoms with van der Waals surface area (Å²) in [7, 11) is 0. The zero-order valence-corrected chi connectivity index (χ0v) is 19.8. The monoisotopic (exact) mass is 491 g/mol. The normalized spacial score (nSPS) is 11.7. The van der Waals surface area contributed by atoms with E-state index < -0.39 is 12.8 Å². The first-order chi connectivity index (χ1) is 17.3. The number of halogens is 3. The van der Waals surface area contributed by atoms with Crippen molar-refractivity contribution >= 4 is 11.3 Å². The van der Waals surface area contributed by atoms with Gasteiger partial charge in [0.1, 0.15) is 11.4 Å². The number of nitrogens with one attached hydrogen (secondary N) is 1. The topological polar surface area (TPSA) is 56.4 Å². The van der Waals surface area contributed by atoms with Crippen molar-refractivity contribution in [3.63, 3.8) is 0 Å². The van der Waals surface area contributed by atoms with E-state index in [-0.39, 0.29) is 5.75 Å². The number of ether oxygens (including phenoxy) is 1. The quantitative estimate of drug-likeness (QED) is 0.288. The van der Waals surface area contributed by atoms with Crippen LogP contribution in [0.3, 0.4) is 0 Å². The fourth-order valence-electron chi connectivity index (χ4n) is 4.14. The predicted molar refractivity (Wildman–Crippen MR) is 133 cm³/mol. The molecule has 9 heteroatoms. The number of anilines is 1. The summed E-state index contributed by atoms with van der Waals surface area (Å²) in [5.74, 6) is 0.188. The Morgan fingerprint density at radius 3 is 2.61 bits per heavy atom. The number of aryl methyl sites for hydroxylation is 2. The molecule has 0 saturated carbocycles. The van der Waals surface area contributed by atoms with E-state index in [0.717, 1.165) is 45.0 Å². The summed E-state index contributed by atoms with van der Waals surface area (Å²) in [4.78, 5) is 4.18. The van der Waals surface area contributed by atoms with Gasteiger partial charge >= 0.3 is 6.18 Å². The fraction of sp³-hybridized carbons (Fsp3) is 0.185. The minimum atomic E-state index is -4.37. The van der Waals surface area contributed by atoms with Crippen molar-refractivity contribution in [2.45, 2.75) is 26.6 Å². The number of pyridine rings is 1. The number of hydrogen-bond acceptors (Lipinski definition) is 4. The first-order valence-electron chi connectivity index (χ1n) is 11.4. The molecule has 1 N–H and O–H groups in total. The molecule has 184 valence electrons. The molecule has 0 atom stereocenters. The Morgan fingerprint density at radius 2 is 1.83 bits per heavy atom. The van der Waals surface area contributed by atoms with Crippen molar-refractivity contribution in [1.29, 1.82) is 0 Å². The molecule has 3 heterocycles. The van der Waals surface area contributed by atoms with Gasteiger partial charge in [-0.1, -0.05) is 18.2 Å². The van der Waals surface area contributed by atoms with E-state index in [0.29, 0.717) is 6.54 Å². The second kappa shape index (κ2) is 9.41. The van der Waals surface area contributed by atoms with E-state index in [2.05, 4.69) is 39.0 Å². The minimum absolute atomic E-state index is 0.188. The third-order valence-electron chi connectivity index (χ3n) is 5.86. The lowest BCUT2D eigenvalue weighted by molar-refractivity contribution is -0.153. The molecule has 0 unspecified atom stereocenters. The van der Waals surface area contributed by atoms with Crippen molar-refractivity contribution in [3.05, 3.63) is 96.1 Å². The van der Waals surface area contributed by atoms with Crippen LogP contribution in [0.4, 0.5) is 18.9 Å². The van der Waals surface area contributed by atoms with Crippen LogP contribution < -0.4 is 10.1 Å². The van der Waals surface area contributed by atoms with Crippen molar-refractivity contribution < 1.29 is 17.9 Å². The zero-order valence-electron chi connectivity index (χ0n) is 19.8. The molecule has 0 amide bonds. The van der Waals surface area contributed by atoms with Crippen molar-refractivity contribution in [3.8, 4) is 22.7 Å². The summed E-state index contributed by atoms with van der Waals surface area (Å²) in [5.41, 5.74) is 7.60. The highest BCUT2D eigenvalue weighted by atomic mass is 19.4. The molecule has 5 aromatic rings. The number of fused-ring (bicyclic) bond motifs is 1. The summed E-state index contributed by atoms with van der Waals surface area (Å²) < 4.78 is 46.2. The Labute approximate surface area is 206 Å². The van der Waals surface area contributed by atoms with Gasteiger partial charge in [-0.2, -0.15) is 18.3 Å². The van der Waals surface area contributed by atoms with Crippen LogP contribution in [0, 0.1) is 13.8 Å². The van der Waals surface area contributed by atoms with E-state index in [1.54, 1.807) is 24.5 Å². The van der Waals surface area contributed by atoms with Gasteiger partial charge in [-0.05, 0) is 60.9 Å². The first kappa shape index (κ1) is 23.5. The number of hydrogen-bond donors (Lipinski definition) is 1. The molecule has 0 aliphatic carbocycles. The lowest BCUT2D eigenvalue weighted by Crippen LogP contribution is -2.19. The minimum Gasteiger partial charge on any atom is -0.484 e. The molecule has 0 bridgehead atoms. The molecule has 0 spiro atoms. The Hall–Kier alpha value is -4.27. The van der Waals surface area contributed by atoms with Crippen molar-refractivity contribution in [1.82, 2.24) is 19.2 Å². The third-order valence-corrected chi connectivity index (χ3v) is 5.86. The first-order valence-corrected chi connectivity index (χ1v) is 11.4. The molecule has 2 aromatic carbocycles. The van der Waals surface area contributed by atoms with Gasteiger partial charge < -0.3 is 10.1 Å². The van der Waals surface area contributed by atoms with Crippen LogP contribution in [0.1, 0.15) is 16.7 Å². The maximum Gasteiger partial charge on any atom is 0.422 e. The average Bonchev–Trinajstić information content (AvgIpc) is 3.44. The third kappa shape index (κ3) is 5.05. The highest BCUT2D eigenvalue weighted by Gasteiger charge is 2.28. The summed E-state index contributed by atoms with van der Waals surface area (Å²) in [6.07, 6.45) is 3.03. The highest BCUT2D eigenvalue weighted by molar-refractivity contribution is 5.67. The lowest BCUT2D eigenvalue weighted by Gasteiger charge is -2.16. The molecular formula is C27H24F3N5O. The van der Waals surface area contributed by atoms with Crippen LogP contribution in [-0.2, 0) is 6.54 Å². The van der Waals surface area contributed by atoms with Crippen LogP contribution in [0.25, 0.3) is 22.6 Å². The zero-order chi connectivity index (χ0) is 25.3. The van der Waals surface area contributed by atoms with Crippen molar-refractivity contribution in [2.75, 3.05) is 11.9 Å². The largest absolute Gasteiger partial charge is 0.484 e. The molecule has 0 aliphatic rings. The number of benzene rings is 2.